The first-order valence-electron chi connectivity index (χ1n) is 12.3. The van der Waals surface area contributed by atoms with Crippen LogP contribution in [0.3, 0.4) is 0 Å². The Hall–Kier alpha value is -2.93. The summed E-state index contributed by atoms with van der Waals surface area (Å²) < 4.78 is 39.4. The molecule has 5 rings (SSSR count). The lowest BCUT2D eigenvalue weighted by atomic mass is 9.97. The van der Waals surface area contributed by atoms with Crippen LogP contribution in [0.1, 0.15) is 62.0 Å². The minimum absolute atomic E-state index is 0.151. The van der Waals surface area contributed by atoms with Crippen LogP contribution >= 0.6 is 11.3 Å². The first-order valence-corrected chi connectivity index (χ1v) is 14.6. The van der Waals surface area contributed by atoms with Gasteiger partial charge in [0.15, 0.2) is 11.0 Å². The number of rotatable bonds is 9. The number of thiazole rings is 1. The third-order valence-electron chi connectivity index (χ3n) is 6.40. The van der Waals surface area contributed by atoms with Crippen LogP contribution in [0.15, 0.2) is 51.9 Å². The van der Waals surface area contributed by atoms with Crippen LogP contribution in [0.2, 0.25) is 0 Å². The highest BCUT2D eigenvalue weighted by atomic mass is 32.2. The van der Waals surface area contributed by atoms with Crippen molar-refractivity contribution >= 4 is 36.8 Å². The fourth-order valence-corrected chi connectivity index (χ4v) is 6.53. The van der Waals surface area contributed by atoms with E-state index in [4.69, 9.17) is 19.2 Å². The van der Waals surface area contributed by atoms with Crippen LogP contribution in [0, 0.1) is 0 Å². The number of benzene rings is 1. The van der Waals surface area contributed by atoms with Gasteiger partial charge in [0.2, 0.25) is 15.9 Å². The summed E-state index contributed by atoms with van der Waals surface area (Å²) in [5, 5.41) is 5.00. The van der Waals surface area contributed by atoms with Crippen molar-refractivity contribution in [1.82, 2.24) is 24.8 Å². The standard InChI is InChI=1S/C25H30N6O4S2/c1-16(2)22-28-23(35-29-22)17-11-13-31(14-12-17)25-27-20-10-9-19(26-24(20)36-25)21(15-34-3)30-37(32,33)18-7-5-4-6-8-18/h4-10,16-17,21,30H,11-15H2,1-3H3. The number of nitrogens with one attached hydrogen (secondary N) is 1. The zero-order valence-corrected chi connectivity index (χ0v) is 22.6. The number of fused-ring (bicyclic) bond motifs is 1. The number of hydrogen-bond donors (Lipinski definition) is 1. The molecule has 0 radical (unpaired) electrons. The lowest BCUT2D eigenvalue weighted by Crippen LogP contribution is -2.32. The highest BCUT2D eigenvalue weighted by Crippen LogP contribution is 2.34. The minimum atomic E-state index is -3.73. The number of methoxy groups -OCH3 is 1. The predicted octanol–water partition coefficient (Wildman–Crippen LogP) is 4.25. The quantitative estimate of drug-likeness (QED) is 0.331. The zero-order chi connectivity index (χ0) is 26.0. The Morgan fingerprint density at radius 3 is 2.54 bits per heavy atom. The van der Waals surface area contributed by atoms with E-state index in [0.717, 1.165) is 53.1 Å². The molecule has 1 N–H and O–H groups in total. The molecule has 1 atom stereocenters. The van der Waals surface area contributed by atoms with Gasteiger partial charge < -0.3 is 14.2 Å². The highest BCUT2D eigenvalue weighted by Gasteiger charge is 2.28. The third kappa shape index (κ3) is 5.66. The maximum atomic E-state index is 12.9. The van der Waals surface area contributed by atoms with Crippen molar-refractivity contribution in [1.29, 1.82) is 0 Å². The van der Waals surface area contributed by atoms with Gasteiger partial charge >= 0.3 is 0 Å². The molecule has 0 aliphatic carbocycles. The van der Waals surface area contributed by atoms with Gasteiger partial charge in [-0.2, -0.15) is 9.71 Å². The topological polar surface area (TPSA) is 123 Å². The van der Waals surface area contributed by atoms with Gasteiger partial charge in [0.05, 0.1) is 23.2 Å². The summed E-state index contributed by atoms with van der Waals surface area (Å²) in [6.45, 7) is 5.93. The van der Waals surface area contributed by atoms with Crippen molar-refractivity contribution in [2.45, 2.75) is 49.5 Å². The minimum Gasteiger partial charge on any atom is -0.383 e. The number of hydrogen-bond acceptors (Lipinski definition) is 10. The van der Waals surface area contributed by atoms with Crippen LogP contribution in [-0.2, 0) is 14.8 Å². The lowest BCUT2D eigenvalue weighted by molar-refractivity contribution is 0.174. The SMILES string of the molecule is COCC(NS(=O)(=O)c1ccccc1)c1ccc2nc(N3CCC(c4nc(C(C)C)no4)CC3)sc2n1. The molecule has 196 valence electrons. The van der Waals surface area contributed by atoms with Crippen molar-refractivity contribution in [3.05, 3.63) is 59.9 Å². The van der Waals surface area contributed by atoms with Gasteiger partial charge in [0.25, 0.3) is 0 Å². The van der Waals surface area contributed by atoms with Crippen molar-refractivity contribution < 1.29 is 17.7 Å². The Kier molecular flexibility index (Phi) is 7.52. The second-order valence-electron chi connectivity index (χ2n) is 9.41. The van der Waals surface area contributed by atoms with Crippen LogP contribution in [0.4, 0.5) is 5.13 Å². The molecule has 1 aliphatic heterocycles. The molecule has 1 unspecified atom stereocenters. The van der Waals surface area contributed by atoms with Gasteiger partial charge in [-0.25, -0.2) is 18.4 Å². The molecular formula is C25H30N6O4S2. The van der Waals surface area contributed by atoms with E-state index in [0.29, 0.717) is 5.69 Å². The van der Waals surface area contributed by atoms with E-state index in [1.165, 1.54) is 18.4 Å². The van der Waals surface area contributed by atoms with Crippen molar-refractivity contribution in [2.24, 2.45) is 0 Å². The third-order valence-corrected chi connectivity index (χ3v) is 8.91. The average Bonchev–Trinajstić information content (AvgIpc) is 3.56. The second kappa shape index (κ2) is 10.8. The second-order valence-corrected chi connectivity index (χ2v) is 12.1. The van der Waals surface area contributed by atoms with E-state index in [9.17, 15) is 8.42 Å². The zero-order valence-electron chi connectivity index (χ0n) is 21.0. The summed E-state index contributed by atoms with van der Waals surface area (Å²) in [5.74, 6) is 1.97. The van der Waals surface area contributed by atoms with E-state index in [2.05, 4.69) is 33.6 Å². The maximum Gasteiger partial charge on any atom is 0.241 e. The molecule has 4 aromatic rings. The number of ether oxygens (including phenoxy) is 1. The number of anilines is 1. The Morgan fingerprint density at radius 2 is 1.86 bits per heavy atom. The molecule has 0 saturated carbocycles. The number of nitrogens with zero attached hydrogens (tertiary/aromatic N) is 5. The van der Waals surface area contributed by atoms with Crippen molar-refractivity contribution in [3.8, 4) is 0 Å². The summed E-state index contributed by atoms with van der Waals surface area (Å²) in [7, 11) is -2.20. The van der Waals surface area contributed by atoms with Gasteiger partial charge in [-0.1, -0.05) is 48.5 Å². The van der Waals surface area contributed by atoms with Crippen molar-refractivity contribution in [2.75, 3.05) is 31.7 Å². The molecule has 1 aliphatic rings. The number of pyridine rings is 1. The molecule has 1 saturated heterocycles. The van der Waals surface area contributed by atoms with Crippen LogP contribution in [0.25, 0.3) is 10.3 Å². The summed E-state index contributed by atoms with van der Waals surface area (Å²) in [5.41, 5.74) is 1.37. The molecule has 1 aromatic carbocycles. The Morgan fingerprint density at radius 1 is 1.11 bits per heavy atom. The lowest BCUT2D eigenvalue weighted by Gasteiger charge is -2.29. The van der Waals surface area contributed by atoms with Gasteiger partial charge in [-0.3, -0.25) is 0 Å². The molecule has 10 nitrogen and oxygen atoms in total. The van der Waals surface area contributed by atoms with E-state index in [1.54, 1.807) is 36.4 Å². The molecule has 12 heteroatoms. The summed E-state index contributed by atoms with van der Waals surface area (Å²) in [4.78, 5) is 17.3. The van der Waals surface area contributed by atoms with Gasteiger partial charge in [-0.05, 0) is 37.1 Å². The monoisotopic (exact) mass is 542 g/mol. The molecule has 0 spiro atoms. The Balaban J connectivity index is 1.30. The number of piperidine rings is 1. The molecule has 4 heterocycles. The fourth-order valence-electron chi connectivity index (χ4n) is 4.32. The molecule has 0 amide bonds. The molecular weight excluding hydrogens is 512 g/mol. The van der Waals surface area contributed by atoms with Gasteiger partial charge in [0, 0.05) is 32.0 Å². The van der Waals surface area contributed by atoms with E-state index in [-0.39, 0.29) is 23.3 Å². The average molecular weight is 543 g/mol. The predicted molar refractivity (Wildman–Crippen MR) is 141 cm³/mol. The number of sulfonamides is 1. The Labute approximate surface area is 220 Å². The van der Waals surface area contributed by atoms with Gasteiger partial charge in [-0.15, -0.1) is 0 Å². The van der Waals surface area contributed by atoms with Crippen LogP contribution in [-0.4, -0.2) is 55.3 Å². The first-order chi connectivity index (χ1) is 17.8. The van der Waals surface area contributed by atoms with Crippen LogP contribution in [0.5, 0.6) is 0 Å². The smallest absolute Gasteiger partial charge is 0.241 e. The summed E-state index contributed by atoms with van der Waals surface area (Å²) in [6, 6.07) is 11.3. The van der Waals surface area contributed by atoms with E-state index in [1.807, 2.05) is 6.07 Å². The van der Waals surface area contributed by atoms with Gasteiger partial charge in [0.1, 0.15) is 10.3 Å². The normalized spacial score (nSPS) is 16.1. The van der Waals surface area contributed by atoms with Crippen molar-refractivity contribution in [3.63, 3.8) is 0 Å². The summed E-state index contributed by atoms with van der Waals surface area (Å²) >= 11 is 1.51. The molecule has 0 bridgehead atoms. The van der Waals surface area contributed by atoms with Crippen LogP contribution < -0.4 is 9.62 Å². The largest absolute Gasteiger partial charge is 0.383 e. The molecule has 3 aromatic heterocycles. The first kappa shape index (κ1) is 25.7. The summed E-state index contributed by atoms with van der Waals surface area (Å²) in [6.07, 6.45) is 1.82. The Bertz CT molecular complexity index is 1450. The molecule has 37 heavy (non-hydrogen) atoms. The maximum absolute atomic E-state index is 12.9. The highest BCUT2D eigenvalue weighted by molar-refractivity contribution is 7.89. The van der Waals surface area contributed by atoms with E-state index < -0.39 is 16.1 Å². The fraction of sp³-hybridized carbons (Fsp3) is 0.440. The number of aromatic nitrogens is 4. The molecule has 1 fully saturated rings. The van der Waals surface area contributed by atoms with E-state index >= 15 is 0 Å².